The molecule has 4 rings (SSSR count). The second-order valence-electron chi connectivity index (χ2n) is 6.81. The monoisotopic (exact) mass is 437 g/mol. The van der Waals surface area contributed by atoms with Gasteiger partial charge in [0.15, 0.2) is 0 Å². The maximum Gasteiger partial charge on any atom is 0.262 e. The molecule has 0 fully saturated rings. The van der Waals surface area contributed by atoms with Crippen molar-refractivity contribution in [2.24, 2.45) is 0 Å². The molecule has 6 heteroatoms. The third-order valence-corrected chi connectivity index (χ3v) is 5.44. The third-order valence-electron chi connectivity index (χ3n) is 4.93. The Morgan fingerprint density at radius 2 is 1.13 bits per heavy atom. The van der Waals surface area contributed by atoms with Crippen LogP contribution >= 0.6 is 23.2 Å². The Morgan fingerprint density at radius 3 is 1.53 bits per heavy atom. The summed E-state index contributed by atoms with van der Waals surface area (Å²) < 4.78 is 5.17. The summed E-state index contributed by atoms with van der Waals surface area (Å²) in [5.41, 5.74) is 2.81. The van der Waals surface area contributed by atoms with Gasteiger partial charge in [0, 0.05) is 10.0 Å². The molecule has 0 unspecified atom stereocenters. The maximum atomic E-state index is 13.3. The first-order valence-electron chi connectivity index (χ1n) is 9.23. The van der Waals surface area contributed by atoms with Crippen molar-refractivity contribution in [2.45, 2.75) is 6.54 Å². The number of halogens is 2. The minimum atomic E-state index is -0.344. The van der Waals surface area contributed by atoms with Gasteiger partial charge in [-0.2, -0.15) is 0 Å². The summed E-state index contributed by atoms with van der Waals surface area (Å²) in [7, 11) is 1.59. The second kappa shape index (κ2) is 8.34. The number of hydrogen-bond acceptors (Lipinski definition) is 3. The van der Waals surface area contributed by atoms with Crippen LogP contribution in [0.2, 0.25) is 10.0 Å². The Balaban J connectivity index is 1.76. The lowest BCUT2D eigenvalue weighted by Crippen LogP contribution is -2.31. The van der Waals surface area contributed by atoms with Crippen LogP contribution in [0.5, 0.6) is 5.75 Å². The molecular weight excluding hydrogens is 421 g/mol. The van der Waals surface area contributed by atoms with Crippen molar-refractivity contribution in [3.8, 4) is 5.75 Å². The molecule has 0 spiro atoms. The van der Waals surface area contributed by atoms with Gasteiger partial charge in [0.1, 0.15) is 5.75 Å². The highest BCUT2D eigenvalue weighted by molar-refractivity contribution is 6.49. The van der Waals surface area contributed by atoms with Crippen molar-refractivity contribution >= 4 is 46.2 Å². The molecule has 150 valence electrons. The topological polar surface area (TPSA) is 46.6 Å². The molecule has 0 bridgehead atoms. The standard InChI is InChI=1S/C24H17Cl2NO3/c1-30-20-12-2-15(3-13-20)14-27-23(28)21(16-4-8-18(25)9-5-16)22(24(27)29)17-6-10-19(26)11-7-17/h2-13H,14H2,1H3. The summed E-state index contributed by atoms with van der Waals surface area (Å²) in [6.07, 6.45) is 0. The molecule has 1 aliphatic heterocycles. The molecular formula is C24H17Cl2NO3. The van der Waals surface area contributed by atoms with Crippen LogP contribution in [-0.2, 0) is 16.1 Å². The first-order valence-corrected chi connectivity index (χ1v) is 9.99. The molecule has 3 aromatic rings. The van der Waals surface area contributed by atoms with Crippen LogP contribution < -0.4 is 4.74 Å². The van der Waals surface area contributed by atoms with E-state index >= 15 is 0 Å². The lowest BCUT2D eigenvalue weighted by Gasteiger charge is -2.15. The van der Waals surface area contributed by atoms with Crippen LogP contribution in [0.3, 0.4) is 0 Å². The van der Waals surface area contributed by atoms with Crippen LogP contribution in [0, 0.1) is 0 Å². The van der Waals surface area contributed by atoms with Gasteiger partial charge in [-0.3, -0.25) is 14.5 Å². The quantitative estimate of drug-likeness (QED) is 0.496. The molecule has 1 heterocycles. The minimum Gasteiger partial charge on any atom is -0.497 e. The zero-order valence-corrected chi connectivity index (χ0v) is 17.6. The summed E-state index contributed by atoms with van der Waals surface area (Å²) in [4.78, 5) is 27.9. The number of nitrogens with zero attached hydrogens (tertiary/aromatic N) is 1. The largest absolute Gasteiger partial charge is 0.497 e. The van der Waals surface area contributed by atoms with Crippen molar-refractivity contribution in [2.75, 3.05) is 7.11 Å². The number of carbonyl (C=O) groups excluding carboxylic acids is 2. The Kier molecular flexibility index (Phi) is 5.62. The maximum absolute atomic E-state index is 13.3. The van der Waals surface area contributed by atoms with E-state index in [0.717, 1.165) is 5.56 Å². The molecule has 0 N–H and O–H groups in total. The van der Waals surface area contributed by atoms with Gasteiger partial charge in [-0.05, 0) is 53.1 Å². The molecule has 4 nitrogen and oxygen atoms in total. The number of benzene rings is 3. The highest BCUT2D eigenvalue weighted by Gasteiger charge is 2.39. The average molecular weight is 438 g/mol. The average Bonchev–Trinajstić information content (AvgIpc) is 3.00. The highest BCUT2D eigenvalue weighted by atomic mass is 35.5. The van der Waals surface area contributed by atoms with Crippen LogP contribution in [0.4, 0.5) is 0 Å². The van der Waals surface area contributed by atoms with Crippen LogP contribution in [0.1, 0.15) is 16.7 Å². The Morgan fingerprint density at radius 1 is 0.700 bits per heavy atom. The zero-order chi connectivity index (χ0) is 21.3. The predicted molar refractivity (Wildman–Crippen MR) is 118 cm³/mol. The lowest BCUT2D eigenvalue weighted by molar-refractivity contribution is -0.136. The fourth-order valence-electron chi connectivity index (χ4n) is 3.40. The van der Waals surface area contributed by atoms with Gasteiger partial charge in [-0.1, -0.05) is 59.6 Å². The number of ether oxygens (including phenoxy) is 1. The second-order valence-corrected chi connectivity index (χ2v) is 7.68. The van der Waals surface area contributed by atoms with Gasteiger partial charge >= 0.3 is 0 Å². The highest BCUT2D eigenvalue weighted by Crippen LogP contribution is 2.37. The zero-order valence-electron chi connectivity index (χ0n) is 16.1. The SMILES string of the molecule is COc1ccc(CN2C(=O)C(c3ccc(Cl)cc3)=C(c3ccc(Cl)cc3)C2=O)cc1. The number of rotatable bonds is 5. The molecule has 2 amide bonds. The van der Waals surface area contributed by atoms with E-state index in [1.807, 2.05) is 12.1 Å². The summed E-state index contributed by atoms with van der Waals surface area (Å²) in [5.74, 6) is 0.0193. The Bertz CT molecular complexity index is 1070. The molecule has 0 radical (unpaired) electrons. The number of hydrogen-bond donors (Lipinski definition) is 0. The number of methoxy groups -OCH3 is 1. The Labute approximate surface area is 184 Å². The van der Waals surface area contributed by atoms with E-state index in [1.165, 1.54) is 4.90 Å². The number of imide groups is 1. The predicted octanol–water partition coefficient (Wildman–Crippen LogP) is 5.48. The van der Waals surface area contributed by atoms with Gasteiger partial charge < -0.3 is 4.74 Å². The van der Waals surface area contributed by atoms with Crippen molar-refractivity contribution in [1.29, 1.82) is 0 Å². The van der Waals surface area contributed by atoms with Crippen LogP contribution in [0.15, 0.2) is 72.8 Å². The molecule has 0 saturated carbocycles. The van der Waals surface area contributed by atoms with Gasteiger partial charge in [0.25, 0.3) is 11.8 Å². The van der Waals surface area contributed by atoms with Gasteiger partial charge in [0.05, 0.1) is 24.8 Å². The van der Waals surface area contributed by atoms with E-state index in [0.29, 0.717) is 38.1 Å². The molecule has 0 aromatic heterocycles. The van der Waals surface area contributed by atoms with Gasteiger partial charge in [-0.15, -0.1) is 0 Å². The Hall–Kier alpha value is -3.08. The lowest BCUT2D eigenvalue weighted by atomic mass is 9.96. The first-order chi connectivity index (χ1) is 14.5. The van der Waals surface area contributed by atoms with E-state index in [9.17, 15) is 9.59 Å². The molecule has 3 aromatic carbocycles. The van der Waals surface area contributed by atoms with Crippen LogP contribution in [0.25, 0.3) is 11.1 Å². The van der Waals surface area contributed by atoms with Gasteiger partial charge in [-0.25, -0.2) is 0 Å². The van der Waals surface area contributed by atoms with E-state index in [-0.39, 0.29) is 18.4 Å². The molecule has 0 aliphatic carbocycles. The van der Waals surface area contributed by atoms with Crippen LogP contribution in [-0.4, -0.2) is 23.8 Å². The fraction of sp³-hybridized carbons (Fsp3) is 0.0833. The summed E-state index contributed by atoms with van der Waals surface area (Å²) in [5, 5.41) is 1.11. The molecule has 30 heavy (non-hydrogen) atoms. The number of amides is 2. The minimum absolute atomic E-state index is 0.163. The smallest absolute Gasteiger partial charge is 0.262 e. The summed E-state index contributed by atoms with van der Waals surface area (Å²) >= 11 is 12.0. The van der Waals surface area contributed by atoms with Crippen molar-refractivity contribution in [1.82, 2.24) is 4.90 Å². The molecule has 1 aliphatic rings. The van der Waals surface area contributed by atoms with E-state index in [4.69, 9.17) is 27.9 Å². The van der Waals surface area contributed by atoms with Gasteiger partial charge in [0.2, 0.25) is 0 Å². The van der Waals surface area contributed by atoms with Crippen molar-refractivity contribution < 1.29 is 14.3 Å². The number of carbonyl (C=O) groups is 2. The first kappa shape index (κ1) is 20.2. The summed E-state index contributed by atoms with van der Waals surface area (Å²) in [6, 6.07) is 21.1. The molecule has 0 atom stereocenters. The van der Waals surface area contributed by atoms with E-state index in [1.54, 1.807) is 67.8 Å². The normalized spacial score (nSPS) is 13.9. The van der Waals surface area contributed by atoms with Crippen molar-refractivity contribution in [3.05, 3.63) is 99.5 Å². The van der Waals surface area contributed by atoms with E-state index in [2.05, 4.69) is 0 Å². The molecule has 0 saturated heterocycles. The van der Waals surface area contributed by atoms with E-state index < -0.39 is 0 Å². The summed E-state index contributed by atoms with van der Waals surface area (Å²) in [6.45, 7) is 0.163. The van der Waals surface area contributed by atoms with Crippen molar-refractivity contribution in [3.63, 3.8) is 0 Å². The fourth-order valence-corrected chi connectivity index (χ4v) is 3.65. The third kappa shape index (κ3) is 3.84.